The fourth-order valence-electron chi connectivity index (χ4n) is 4.01. The van der Waals surface area contributed by atoms with Gasteiger partial charge in [0.05, 0.1) is 24.3 Å². The predicted molar refractivity (Wildman–Crippen MR) is 156 cm³/mol. The second-order valence-electron chi connectivity index (χ2n) is 9.73. The lowest BCUT2D eigenvalue weighted by atomic mass is 10.2. The lowest BCUT2D eigenvalue weighted by Gasteiger charge is -2.11. The normalized spacial score (nSPS) is 10.7. The van der Waals surface area contributed by atoms with Crippen molar-refractivity contribution < 1.29 is 38.7 Å². The van der Waals surface area contributed by atoms with Crippen LogP contribution >= 0.6 is 0 Å². The number of aliphatic hydroxyl groups is 2. The number of carbonyl (C=O) groups is 2. The molecular weight excluding hydrogens is 524 g/mol. The zero-order valence-electron chi connectivity index (χ0n) is 23.7. The van der Waals surface area contributed by atoms with E-state index < -0.39 is 11.9 Å². The minimum Gasteiger partial charge on any atom is -0.494 e. The molecule has 3 aromatic carbocycles. The highest BCUT2D eigenvalue weighted by Crippen LogP contribution is 2.26. The number of hydrogen-bond acceptors (Lipinski definition) is 8. The van der Waals surface area contributed by atoms with Crippen LogP contribution in [0.5, 0.6) is 23.0 Å². The zero-order chi connectivity index (χ0) is 29.3. The average molecular weight is 565 g/mol. The fourth-order valence-corrected chi connectivity index (χ4v) is 4.01. The Bertz CT molecular complexity index is 1200. The van der Waals surface area contributed by atoms with Gasteiger partial charge in [-0.1, -0.05) is 12.8 Å². The highest BCUT2D eigenvalue weighted by Gasteiger charge is 2.14. The molecule has 0 radical (unpaired) electrons. The Balaban J connectivity index is 1.45. The summed E-state index contributed by atoms with van der Waals surface area (Å²) in [5.41, 5.74) is 1.43. The quantitative estimate of drug-likeness (QED) is 0.105. The van der Waals surface area contributed by atoms with E-state index in [9.17, 15) is 9.59 Å². The summed E-state index contributed by atoms with van der Waals surface area (Å²) < 4.78 is 22.5. The van der Waals surface area contributed by atoms with Crippen LogP contribution in [-0.4, -0.2) is 48.6 Å². The molecule has 2 N–H and O–H groups in total. The maximum atomic E-state index is 12.7. The summed E-state index contributed by atoms with van der Waals surface area (Å²) in [6.07, 6.45) is 7.38. The molecule has 0 fully saturated rings. The van der Waals surface area contributed by atoms with E-state index >= 15 is 0 Å². The number of aryl methyl sites for hydroxylation is 1. The number of aliphatic hydroxyl groups excluding tert-OH is 2. The van der Waals surface area contributed by atoms with Gasteiger partial charge in [0.1, 0.15) is 23.0 Å². The van der Waals surface area contributed by atoms with E-state index in [1.54, 1.807) is 73.7 Å². The predicted octanol–water partition coefficient (Wildman–Crippen LogP) is 6.30. The average Bonchev–Trinajstić information content (AvgIpc) is 2.98. The summed E-state index contributed by atoms with van der Waals surface area (Å²) in [6.45, 7) is 3.37. The molecule has 0 unspecified atom stereocenters. The van der Waals surface area contributed by atoms with Gasteiger partial charge < -0.3 is 29.2 Å². The van der Waals surface area contributed by atoms with Gasteiger partial charge in [-0.15, -0.1) is 0 Å². The Kier molecular flexibility index (Phi) is 13.7. The molecule has 41 heavy (non-hydrogen) atoms. The first-order chi connectivity index (χ1) is 20.0. The van der Waals surface area contributed by atoms with Crippen molar-refractivity contribution in [3.63, 3.8) is 0 Å². The molecule has 3 rings (SSSR count). The summed E-state index contributed by atoms with van der Waals surface area (Å²) in [5, 5.41) is 17.6. The minimum atomic E-state index is -0.503. The Labute approximate surface area is 241 Å². The smallest absolute Gasteiger partial charge is 0.343 e. The number of benzene rings is 3. The number of hydrogen-bond donors (Lipinski definition) is 2. The third-order valence-corrected chi connectivity index (χ3v) is 6.38. The van der Waals surface area contributed by atoms with Crippen molar-refractivity contribution >= 4 is 11.9 Å². The summed E-state index contributed by atoms with van der Waals surface area (Å²) in [4.78, 5) is 25.3. The van der Waals surface area contributed by atoms with Gasteiger partial charge in [0.25, 0.3) is 0 Å². The molecule has 0 saturated heterocycles. The van der Waals surface area contributed by atoms with Gasteiger partial charge in [-0.25, -0.2) is 9.59 Å². The monoisotopic (exact) mass is 564 g/mol. The molecule has 0 bridgehead atoms. The van der Waals surface area contributed by atoms with E-state index in [0.717, 1.165) is 51.4 Å². The number of esters is 2. The van der Waals surface area contributed by atoms with E-state index in [1.807, 2.05) is 0 Å². The minimum absolute atomic E-state index is 0.218. The highest BCUT2D eigenvalue weighted by atomic mass is 16.5. The maximum Gasteiger partial charge on any atom is 0.343 e. The van der Waals surface area contributed by atoms with Crippen molar-refractivity contribution in [3.05, 3.63) is 83.4 Å². The number of ether oxygens (including phenoxy) is 4. The first kappa shape index (κ1) is 31.6. The van der Waals surface area contributed by atoms with Gasteiger partial charge in [0, 0.05) is 13.2 Å². The Hall–Kier alpha value is -3.88. The van der Waals surface area contributed by atoms with Crippen LogP contribution in [0.4, 0.5) is 0 Å². The second-order valence-corrected chi connectivity index (χ2v) is 9.73. The van der Waals surface area contributed by atoms with Gasteiger partial charge >= 0.3 is 11.9 Å². The van der Waals surface area contributed by atoms with Crippen LogP contribution in [-0.2, 0) is 0 Å². The molecule has 0 aromatic heterocycles. The molecule has 8 heteroatoms. The van der Waals surface area contributed by atoms with Crippen LogP contribution in [0.25, 0.3) is 0 Å². The number of rotatable bonds is 18. The number of carbonyl (C=O) groups excluding carboxylic acids is 2. The molecule has 0 aliphatic carbocycles. The zero-order valence-corrected chi connectivity index (χ0v) is 23.7. The third kappa shape index (κ3) is 11.3. The highest BCUT2D eigenvalue weighted by molar-refractivity contribution is 5.92. The summed E-state index contributed by atoms with van der Waals surface area (Å²) in [5.74, 6) is 1.07. The molecule has 0 heterocycles. The van der Waals surface area contributed by atoms with Crippen LogP contribution in [0.15, 0.2) is 66.7 Å². The van der Waals surface area contributed by atoms with E-state index in [0.29, 0.717) is 52.9 Å². The van der Waals surface area contributed by atoms with Crippen LogP contribution < -0.4 is 18.9 Å². The van der Waals surface area contributed by atoms with Gasteiger partial charge in [-0.3, -0.25) is 0 Å². The third-order valence-electron chi connectivity index (χ3n) is 6.38. The molecular formula is C33H40O8. The van der Waals surface area contributed by atoms with E-state index in [2.05, 4.69) is 0 Å². The molecule has 8 nitrogen and oxygen atoms in total. The molecule has 220 valence electrons. The maximum absolute atomic E-state index is 12.7. The van der Waals surface area contributed by atoms with Crippen LogP contribution in [0, 0.1) is 6.92 Å². The van der Waals surface area contributed by atoms with Crippen molar-refractivity contribution in [1.29, 1.82) is 0 Å². The topological polar surface area (TPSA) is 112 Å². The van der Waals surface area contributed by atoms with Crippen molar-refractivity contribution in [2.75, 3.05) is 26.4 Å². The van der Waals surface area contributed by atoms with E-state index in [4.69, 9.17) is 29.2 Å². The van der Waals surface area contributed by atoms with Crippen molar-refractivity contribution in [2.24, 2.45) is 0 Å². The lowest BCUT2D eigenvalue weighted by Crippen LogP contribution is -2.10. The fraction of sp³-hybridized carbons (Fsp3) is 0.394. The SMILES string of the molecule is Cc1cc(OC(=O)c2ccc(OCCCCCCO)cc2)ccc1OC(=O)c1ccc(OCCCCCCO)cc1. The first-order valence-electron chi connectivity index (χ1n) is 14.2. The Morgan fingerprint density at radius 3 is 1.46 bits per heavy atom. The molecule has 0 aliphatic heterocycles. The molecule has 0 aliphatic rings. The van der Waals surface area contributed by atoms with Gasteiger partial charge in [-0.2, -0.15) is 0 Å². The molecule has 0 atom stereocenters. The second kappa shape index (κ2) is 17.7. The molecule has 3 aromatic rings. The summed E-state index contributed by atoms with van der Waals surface area (Å²) >= 11 is 0. The van der Waals surface area contributed by atoms with Crippen LogP contribution in [0.1, 0.15) is 77.6 Å². The van der Waals surface area contributed by atoms with Crippen molar-refractivity contribution in [2.45, 2.75) is 58.3 Å². The van der Waals surface area contributed by atoms with Crippen molar-refractivity contribution in [3.8, 4) is 23.0 Å². The van der Waals surface area contributed by atoms with Gasteiger partial charge in [0.2, 0.25) is 0 Å². The lowest BCUT2D eigenvalue weighted by molar-refractivity contribution is 0.0718. The first-order valence-corrected chi connectivity index (χ1v) is 14.2. The number of unbranched alkanes of at least 4 members (excludes halogenated alkanes) is 6. The van der Waals surface area contributed by atoms with Crippen LogP contribution in [0.3, 0.4) is 0 Å². The van der Waals surface area contributed by atoms with Crippen molar-refractivity contribution in [1.82, 2.24) is 0 Å². The van der Waals surface area contributed by atoms with Crippen LogP contribution in [0.2, 0.25) is 0 Å². The Morgan fingerprint density at radius 1 is 0.561 bits per heavy atom. The summed E-state index contributed by atoms with van der Waals surface area (Å²) in [6, 6.07) is 18.4. The van der Waals surface area contributed by atoms with E-state index in [1.165, 1.54) is 0 Å². The molecule has 0 saturated carbocycles. The Morgan fingerprint density at radius 2 is 1.00 bits per heavy atom. The largest absolute Gasteiger partial charge is 0.494 e. The molecule has 0 amide bonds. The van der Waals surface area contributed by atoms with Gasteiger partial charge in [0.15, 0.2) is 0 Å². The summed E-state index contributed by atoms with van der Waals surface area (Å²) in [7, 11) is 0. The molecule has 0 spiro atoms. The van der Waals surface area contributed by atoms with E-state index in [-0.39, 0.29) is 13.2 Å². The standard InChI is InChI=1S/C33H40O8/c1-25-24-30(40-32(36)26-10-14-28(15-11-26)38-22-8-4-2-6-20-34)18-19-31(25)41-33(37)27-12-16-29(17-13-27)39-23-9-5-3-7-21-35/h10-19,24,34-35H,2-9,20-23H2,1H3. The van der Waals surface area contributed by atoms with Gasteiger partial charge in [-0.05, 0) is 118 Å².